The van der Waals surface area contributed by atoms with Crippen LogP contribution in [0.3, 0.4) is 0 Å². The number of furan rings is 1. The number of amides is 1. The molecule has 0 unspecified atom stereocenters. The van der Waals surface area contributed by atoms with E-state index in [2.05, 4.69) is 5.32 Å². The predicted octanol–water partition coefficient (Wildman–Crippen LogP) is 2.30. The molecular formula is C17H16FNO5. The Morgan fingerprint density at radius 2 is 2.17 bits per heavy atom. The summed E-state index contributed by atoms with van der Waals surface area (Å²) in [5.74, 6) is -0.993. The van der Waals surface area contributed by atoms with Gasteiger partial charge in [0.2, 0.25) is 0 Å². The van der Waals surface area contributed by atoms with Crippen LogP contribution in [0.25, 0.3) is 6.08 Å². The van der Waals surface area contributed by atoms with Gasteiger partial charge in [0.1, 0.15) is 5.76 Å². The van der Waals surface area contributed by atoms with E-state index < -0.39 is 24.3 Å². The second kappa shape index (κ2) is 8.52. The molecule has 24 heavy (non-hydrogen) atoms. The van der Waals surface area contributed by atoms with Gasteiger partial charge in [-0.2, -0.15) is 0 Å². The molecule has 0 fully saturated rings. The molecule has 6 nitrogen and oxygen atoms in total. The highest BCUT2D eigenvalue weighted by molar-refractivity contribution is 5.89. The summed E-state index contributed by atoms with van der Waals surface area (Å²) in [6, 6.07) is 7.67. The number of carbonyl (C=O) groups excluding carboxylic acids is 2. The lowest BCUT2D eigenvalue weighted by atomic mass is 10.2. The first-order chi connectivity index (χ1) is 11.6. The highest BCUT2D eigenvalue weighted by Crippen LogP contribution is 2.18. The molecule has 126 valence electrons. The predicted molar refractivity (Wildman–Crippen MR) is 83.5 cm³/mol. The molecule has 1 amide bonds. The van der Waals surface area contributed by atoms with E-state index in [4.69, 9.17) is 13.9 Å². The fourth-order valence-corrected chi connectivity index (χ4v) is 1.79. The smallest absolute Gasteiger partial charge is 0.331 e. The number of carbonyl (C=O) groups is 2. The van der Waals surface area contributed by atoms with Gasteiger partial charge in [-0.3, -0.25) is 4.79 Å². The van der Waals surface area contributed by atoms with Crippen molar-refractivity contribution >= 4 is 18.0 Å². The number of benzene rings is 1. The minimum atomic E-state index is -0.709. The minimum absolute atomic E-state index is 0.114. The van der Waals surface area contributed by atoms with Crippen LogP contribution >= 0.6 is 0 Å². The number of rotatable bonds is 7. The van der Waals surface area contributed by atoms with Crippen molar-refractivity contribution in [3.05, 3.63) is 59.8 Å². The van der Waals surface area contributed by atoms with E-state index in [0.29, 0.717) is 11.3 Å². The van der Waals surface area contributed by atoms with Crippen molar-refractivity contribution in [3.63, 3.8) is 0 Å². The van der Waals surface area contributed by atoms with Crippen LogP contribution < -0.4 is 10.1 Å². The zero-order chi connectivity index (χ0) is 17.4. The van der Waals surface area contributed by atoms with Gasteiger partial charge in [-0.05, 0) is 35.9 Å². The van der Waals surface area contributed by atoms with Gasteiger partial charge in [-0.25, -0.2) is 9.18 Å². The van der Waals surface area contributed by atoms with Crippen molar-refractivity contribution in [2.75, 3.05) is 13.7 Å². The summed E-state index contributed by atoms with van der Waals surface area (Å²) >= 11 is 0. The van der Waals surface area contributed by atoms with E-state index >= 15 is 0 Å². The Bertz CT molecular complexity index is 725. The number of esters is 1. The van der Waals surface area contributed by atoms with E-state index in [0.717, 1.165) is 6.08 Å². The van der Waals surface area contributed by atoms with Gasteiger partial charge in [0.25, 0.3) is 5.91 Å². The summed E-state index contributed by atoms with van der Waals surface area (Å²) < 4.78 is 28.1. The number of ether oxygens (including phenoxy) is 2. The van der Waals surface area contributed by atoms with Crippen LogP contribution in [0.15, 0.2) is 47.1 Å². The van der Waals surface area contributed by atoms with E-state index in [1.165, 1.54) is 31.6 Å². The summed E-state index contributed by atoms with van der Waals surface area (Å²) in [7, 11) is 1.36. The van der Waals surface area contributed by atoms with E-state index in [9.17, 15) is 14.0 Å². The molecule has 1 aromatic carbocycles. The zero-order valence-corrected chi connectivity index (χ0v) is 13.0. The molecule has 2 aromatic rings. The minimum Gasteiger partial charge on any atom is -0.494 e. The van der Waals surface area contributed by atoms with E-state index in [-0.39, 0.29) is 12.3 Å². The normalized spacial score (nSPS) is 10.6. The van der Waals surface area contributed by atoms with Crippen LogP contribution in [0.2, 0.25) is 0 Å². The molecule has 1 aromatic heterocycles. The van der Waals surface area contributed by atoms with Gasteiger partial charge in [-0.1, -0.05) is 6.07 Å². The van der Waals surface area contributed by atoms with Gasteiger partial charge >= 0.3 is 5.97 Å². The lowest BCUT2D eigenvalue weighted by Crippen LogP contribution is -2.27. The van der Waals surface area contributed by atoms with Crippen molar-refractivity contribution in [1.29, 1.82) is 0 Å². The first-order valence-corrected chi connectivity index (χ1v) is 7.06. The molecule has 1 heterocycles. The highest BCUT2D eigenvalue weighted by atomic mass is 19.1. The third-order valence-corrected chi connectivity index (χ3v) is 2.97. The summed E-state index contributed by atoms with van der Waals surface area (Å²) in [4.78, 5) is 23.1. The van der Waals surface area contributed by atoms with Crippen molar-refractivity contribution in [2.24, 2.45) is 0 Å². The zero-order valence-electron chi connectivity index (χ0n) is 13.0. The third kappa shape index (κ3) is 5.28. The van der Waals surface area contributed by atoms with E-state index in [1.54, 1.807) is 18.2 Å². The second-order valence-corrected chi connectivity index (χ2v) is 4.69. The van der Waals surface area contributed by atoms with Crippen molar-refractivity contribution in [2.45, 2.75) is 6.54 Å². The topological polar surface area (TPSA) is 77.8 Å². The average molecular weight is 333 g/mol. The lowest BCUT2D eigenvalue weighted by Gasteiger charge is -2.04. The molecule has 0 spiro atoms. The Hall–Kier alpha value is -3.09. The average Bonchev–Trinajstić information content (AvgIpc) is 3.10. The molecule has 0 bridgehead atoms. The maximum Gasteiger partial charge on any atom is 0.331 e. The van der Waals surface area contributed by atoms with Gasteiger partial charge in [0.05, 0.1) is 19.9 Å². The maximum atomic E-state index is 13.5. The van der Waals surface area contributed by atoms with Gasteiger partial charge < -0.3 is 19.2 Å². The van der Waals surface area contributed by atoms with Crippen LogP contribution in [-0.2, 0) is 20.9 Å². The molecule has 7 heteroatoms. The number of hydrogen-bond donors (Lipinski definition) is 1. The van der Waals surface area contributed by atoms with Crippen LogP contribution in [-0.4, -0.2) is 25.6 Å². The molecule has 2 rings (SSSR count). The Morgan fingerprint density at radius 1 is 1.33 bits per heavy atom. The highest BCUT2D eigenvalue weighted by Gasteiger charge is 2.06. The monoisotopic (exact) mass is 333 g/mol. The van der Waals surface area contributed by atoms with Gasteiger partial charge in [-0.15, -0.1) is 0 Å². The first-order valence-electron chi connectivity index (χ1n) is 7.06. The largest absolute Gasteiger partial charge is 0.494 e. The van der Waals surface area contributed by atoms with Crippen LogP contribution in [0.5, 0.6) is 5.75 Å². The summed E-state index contributed by atoms with van der Waals surface area (Å²) in [5, 5.41) is 2.54. The fraction of sp³-hybridized carbons (Fsp3) is 0.176. The van der Waals surface area contributed by atoms with Crippen molar-refractivity contribution < 1.29 is 27.9 Å². The summed E-state index contributed by atoms with van der Waals surface area (Å²) in [5.41, 5.74) is 0.465. The molecule has 0 saturated heterocycles. The Kier molecular flexibility index (Phi) is 6.13. The Labute approximate surface area is 137 Å². The molecule has 0 aliphatic heterocycles. The first kappa shape index (κ1) is 17.3. The molecule has 0 aliphatic rings. The van der Waals surface area contributed by atoms with Crippen LogP contribution in [0.4, 0.5) is 4.39 Å². The molecular weight excluding hydrogens is 317 g/mol. The number of methoxy groups -OCH3 is 1. The lowest BCUT2D eigenvalue weighted by molar-refractivity contribution is -0.143. The number of hydrogen-bond acceptors (Lipinski definition) is 5. The molecule has 0 aliphatic carbocycles. The second-order valence-electron chi connectivity index (χ2n) is 4.69. The third-order valence-electron chi connectivity index (χ3n) is 2.97. The SMILES string of the molecule is COc1ccc(/C=C/C(=O)OCC(=O)NCc2ccco2)cc1F. The quantitative estimate of drug-likeness (QED) is 0.621. The van der Waals surface area contributed by atoms with Crippen molar-refractivity contribution in [1.82, 2.24) is 5.32 Å². The standard InChI is InChI=1S/C17H16FNO5/c1-22-15-6-4-12(9-14(15)18)5-7-17(21)24-11-16(20)19-10-13-3-2-8-23-13/h2-9H,10-11H2,1H3,(H,19,20)/b7-5+. The number of nitrogens with one attached hydrogen (secondary N) is 1. The molecule has 1 N–H and O–H groups in total. The van der Waals surface area contributed by atoms with Gasteiger partial charge in [0.15, 0.2) is 18.2 Å². The van der Waals surface area contributed by atoms with Crippen molar-refractivity contribution in [3.8, 4) is 5.75 Å². The molecule has 0 saturated carbocycles. The number of halogens is 1. The molecule has 0 radical (unpaired) electrons. The molecule has 0 atom stereocenters. The van der Waals surface area contributed by atoms with Crippen LogP contribution in [0.1, 0.15) is 11.3 Å². The summed E-state index contributed by atoms with van der Waals surface area (Å²) in [6.45, 7) is -0.203. The maximum absolute atomic E-state index is 13.5. The fourth-order valence-electron chi connectivity index (χ4n) is 1.79. The van der Waals surface area contributed by atoms with E-state index in [1.807, 2.05) is 0 Å². The van der Waals surface area contributed by atoms with Crippen LogP contribution in [0, 0.1) is 5.82 Å². The summed E-state index contributed by atoms with van der Waals surface area (Å²) in [6.07, 6.45) is 3.99. The Balaban J connectivity index is 1.76. The Morgan fingerprint density at radius 3 is 2.83 bits per heavy atom. The van der Waals surface area contributed by atoms with Gasteiger partial charge in [0, 0.05) is 6.08 Å².